The van der Waals surface area contributed by atoms with Gasteiger partial charge in [-0.3, -0.25) is 14.2 Å². The first-order chi connectivity index (χ1) is 11.9. The number of benzene rings is 1. The molecule has 0 radical (unpaired) electrons. The summed E-state index contributed by atoms with van der Waals surface area (Å²) in [5.74, 6) is -0.169. The van der Waals surface area contributed by atoms with Crippen molar-refractivity contribution >= 4 is 23.2 Å². The fourth-order valence-electron chi connectivity index (χ4n) is 2.64. The van der Waals surface area contributed by atoms with Gasteiger partial charge in [-0.25, -0.2) is 0 Å². The molecular formula is C18H20ClN5O. The van der Waals surface area contributed by atoms with Crippen molar-refractivity contribution in [2.75, 3.05) is 5.32 Å². The van der Waals surface area contributed by atoms with Crippen molar-refractivity contribution < 1.29 is 4.79 Å². The first kappa shape index (κ1) is 17.2. The quantitative estimate of drug-likeness (QED) is 0.761. The van der Waals surface area contributed by atoms with Gasteiger partial charge >= 0.3 is 0 Å². The van der Waals surface area contributed by atoms with Crippen molar-refractivity contribution in [2.45, 2.75) is 33.9 Å². The van der Waals surface area contributed by atoms with E-state index in [9.17, 15) is 4.79 Å². The molecule has 130 valence electrons. The summed E-state index contributed by atoms with van der Waals surface area (Å²) in [4.78, 5) is 12.2. The monoisotopic (exact) mass is 357 g/mol. The molecule has 0 saturated carbocycles. The molecule has 2 heterocycles. The van der Waals surface area contributed by atoms with Crippen LogP contribution in [0.3, 0.4) is 0 Å². The number of anilines is 1. The first-order valence-electron chi connectivity index (χ1n) is 8.00. The van der Waals surface area contributed by atoms with E-state index in [0.717, 1.165) is 11.4 Å². The second-order valence-corrected chi connectivity index (χ2v) is 6.42. The minimum absolute atomic E-state index is 0.113. The van der Waals surface area contributed by atoms with Gasteiger partial charge in [0, 0.05) is 6.20 Å². The molecule has 1 aromatic carbocycles. The van der Waals surface area contributed by atoms with Gasteiger partial charge in [0.05, 0.1) is 34.8 Å². The summed E-state index contributed by atoms with van der Waals surface area (Å²) in [5, 5.41) is 12.0. The van der Waals surface area contributed by atoms with Crippen LogP contribution >= 0.6 is 11.6 Å². The Morgan fingerprint density at radius 1 is 1.24 bits per heavy atom. The fraction of sp³-hybridized carbons (Fsp3) is 0.278. The maximum Gasteiger partial charge on any atom is 0.246 e. The molecule has 0 bridgehead atoms. The average Bonchev–Trinajstić information content (AvgIpc) is 3.10. The van der Waals surface area contributed by atoms with E-state index >= 15 is 0 Å². The lowest BCUT2D eigenvalue weighted by molar-refractivity contribution is -0.116. The van der Waals surface area contributed by atoms with E-state index in [1.807, 2.05) is 32.2 Å². The van der Waals surface area contributed by atoms with Crippen LogP contribution in [0.1, 0.15) is 22.5 Å². The molecule has 1 N–H and O–H groups in total. The van der Waals surface area contributed by atoms with Crippen molar-refractivity contribution in [1.29, 1.82) is 0 Å². The van der Waals surface area contributed by atoms with Gasteiger partial charge in [-0.1, -0.05) is 35.9 Å². The number of amides is 1. The van der Waals surface area contributed by atoms with Gasteiger partial charge in [-0.2, -0.15) is 10.2 Å². The lowest BCUT2D eigenvalue weighted by Gasteiger charge is -2.06. The highest BCUT2D eigenvalue weighted by Crippen LogP contribution is 2.19. The summed E-state index contributed by atoms with van der Waals surface area (Å²) in [7, 11) is 0. The number of carbonyl (C=O) groups is 1. The number of halogens is 1. The van der Waals surface area contributed by atoms with Crippen LogP contribution in [0.2, 0.25) is 5.02 Å². The van der Waals surface area contributed by atoms with Crippen molar-refractivity contribution in [3.05, 3.63) is 64.2 Å². The number of nitrogens with one attached hydrogen (secondary N) is 1. The highest BCUT2D eigenvalue weighted by Gasteiger charge is 2.13. The van der Waals surface area contributed by atoms with Crippen molar-refractivity contribution in [3.8, 4) is 0 Å². The normalized spacial score (nSPS) is 10.9. The molecule has 0 atom stereocenters. The van der Waals surface area contributed by atoms with Crippen LogP contribution in [0.25, 0.3) is 0 Å². The molecule has 0 aliphatic heterocycles. The van der Waals surface area contributed by atoms with Gasteiger partial charge in [0.1, 0.15) is 6.54 Å². The Hall–Kier alpha value is -2.60. The predicted octanol–water partition coefficient (Wildman–Crippen LogP) is 3.35. The highest BCUT2D eigenvalue weighted by molar-refractivity contribution is 6.31. The summed E-state index contributed by atoms with van der Waals surface area (Å²) < 4.78 is 3.41. The molecule has 0 saturated heterocycles. The molecule has 2 aromatic heterocycles. The van der Waals surface area contributed by atoms with Crippen LogP contribution in [0, 0.1) is 20.8 Å². The van der Waals surface area contributed by atoms with Crippen molar-refractivity contribution in [2.24, 2.45) is 0 Å². The minimum atomic E-state index is -0.169. The van der Waals surface area contributed by atoms with Gasteiger partial charge in [0.25, 0.3) is 0 Å². The van der Waals surface area contributed by atoms with Gasteiger partial charge in [0.15, 0.2) is 0 Å². The van der Waals surface area contributed by atoms with E-state index < -0.39 is 0 Å². The Morgan fingerprint density at radius 2 is 2.00 bits per heavy atom. The number of carbonyl (C=O) groups excluding carboxylic acids is 1. The smallest absolute Gasteiger partial charge is 0.246 e. The van der Waals surface area contributed by atoms with Crippen LogP contribution in [0.15, 0.2) is 36.7 Å². The van der Waals surface area contributed by atoms with E-state index in [2.05, 4.69) is 34.6 Å². The molecule has 0 spiro atoms. The molecule has 0 unspecified atom stereocenters. The third kappa shape index (κ3) is 3.91. The fourth-order valence-corrected chi connectivity index (χ4v) is 2.78. The SMILES string of the molecule is Cc1ccccc1Cn1cc(NC(=O)Cn2nc(C)c(Cl)c2C)cn1. The van der Waals surface area contributed by atoms with Crippen LogP contribution < -0.4 is 5.32 Å². The third-order valence-electron chi connectivity index (χ3n) is 4.10. The summed E-state index contributed by atoms with van der Waals surface area (Å²) in [5.41, 5.74) is 4.57. The molecule has 7 heteroatoms. The summed E-state index contributed by atoms with van der Waals surface area (Å²) in [6.45, 7) is 6.51. The average molecular weight is 358 g/mol. The van der Waals surface area contributed by atoms with Crippen LogP contribution in [0.4, 0.5) is 5.69 Å². The van der Waals surface area contributed by atoms with Crippen LogP contribution in [-0.4, -0.2) is 25.5 Å². The zero-order valence-electron chi connectivity index (χ0n) is 14.5. The number of hydrogen-bond donors (Lipinski definition) is 1. The zero-order chi connectivity index (χ0) is 18.0. The molecule has 3 rings (SSSR count). The molecule has 3 aromatic rings. The first-order valence-corrected chi connectivity index (χ1v) is 8.38. The number of rotatable bonds is 5. The van der Waals surface area contributed by atoms with Gasteiger partial charge in [0.2, 0.25) is 5.91 Å². The molecular weight excluding hydrogens is 338 g/mol. The Labute approximate surface area is 151 Å². The summed E-state index contributed by atoms with van der Waals surface area (Å²) in [6.07, 6.45) is 3.46. The molecule has 0 fully saturated rings. The lowest BCUT2D eigenvalue weighted by atomic mass is 10.1. The van der Waals surface area contributed by atoms with Crippen molar-refractivity contribution in [1.82, 2.24) is 19.6 Å². The van der Waals surface area contributed by atoms with Crippen LogP contribution in [0.5, 0.6) is 0 Å². The standard InChI is InChI=1S/C18H20ClN5O/c1-12-6-4-5-7-15(12)9-23-10-16(8-20-23)21-17(25)11-24-14(3)18(19)13(2)22-24/h4-8,10H,9,11H2,1-3H3,(H,21,25). The second kappa shape index (κ2) is 7.11. The van der Waals surface area contributed by atoms with Gasteiger partial charge in [-0.05, 0) is 31.9 Å². The minimum Gasteiger partial charge on any atom is -0.322 e. The Kier molecular flexibility index (Phi) is 4.90. The van der Waals surface area contributed by atoms with E-state index in [1.165, 1.54) is 11.1 Å². The Bertz CT molecular complexity index is 912. The topological polar surface area (TPSA) is 64.7 Å². The van der Waals surface area contributed by atoms with E-state index in [-0.39, 0.29) is 12.5 Å². The predicted molar refractivity (Wildman–Crippen MR) is 97.8 cm³/mol. The number of aryl methyl sites for hydroxylation is 2. The second-order valence-electron chi connectivity index (χ2n) is 6.04. The Balaban J connectivity index is 1.64. The van der Waals surface area contributed by atoms with Gasteiger partial charge in [-0.15, -0.1) is 0 Å². The largest absolute Gasteiger partial charge is 0.322 e. The number of nitrogens with zero attached hydrogens (tertiary/aromatic N) is 4. The third-order valence-corrected chi connectivity index (χ3v) is 4.64. The summed E-state index contributed by atoms with van der Waals surface area (Å²) in [6, 6.07) is 8.16. The summed E-state index contributed by atoms with van der Waals surface area (Å²) >= 11 is 6.11. The Morgan fingerprint density at radius 3 is 2.68 bits per heavy atom. The molecule has 6 nitrogen and oxygen atoms in total. The maximum atomic E-state index is 12.2. The van der Waals surface area contributed by atoms with E-state index in [1.54, 1.807) is 15.6 Å². The zero-order valence-corrected chi connectivity index (χ0v) is 15.2. The van der Waals surface area contributed by atoms with Gasteiger partial charge < -0.3 is 5.32 Å². The highest BCUT2D eigenvalue weighted by atomic mass is 35.5. The maximum absolute atomic E-state index is 12.2. The molecule has 0 aliphatic carbocycles. The number of hydrogen-bond acceptors (Lipinski definition) is 3. The van der Waals surface area contributed by atoms with E-state index in [4.69, 9.17) is 11.6 Å². The number of aromatic nitrogens is 4. The molecule has 0 aliphatic rings. The molecule has 1 amide bonds. The van der Waals surface area contributed by atoms with E-state index in [0.29, 0.717) is 17.3 Å². The lowest BCUT2D eigenvalue weighted by Crippen LogP contribution is -2.20. The molecule has 25 heavy (non-hydrogen) atoms. The van der Waals surface area contributed by atoms with Crippen molar-refractivity contribution in [3.63, 3.8) is 0 Å². The van der Waals surface area contributed by atoms with Crippen LogP contribution in [-0.2, 0) is 17.9 Å².